The number of nitrogens with zero attached hydrogens (tertiary/aromatic N) is 1. The standard InChI is InChI=1S/C23H23N3O5/c27-20(24-12-17-14-30-18-7-3-4-8-19(18)31-17)13-26-21(28)23(25-22(26)29)10-9-15-5-1-2-6-16(15)11-23/h1-8,17H,9-14H2,(H,24,27)(H,25,29). The van der Waals surface area contributed by atoms with Crippen LogP contribution in [0.2, 0.25) is 0 Å². The van der Waals surface area contributed by atoms with Crippen LogP contribution in [0.15, 0.2) is 48.5 Å². The number of carbonyl (C=O) groups is 3. The number of para-hydroxylation sites is 2. The Morgan fingerprint density at radius 1 is 1.10 bits per heavy atom. The summed E-state index contributed by atoms with van der Waals surface area (Å²) >= 11 is 0. The molecule has 1 aliphatic carbocycles. The summed E-state index contributed by atoms with van der Waals surface area (Å²) in [5, 5.41) is 5.58. The van der Waals surface area contributed by atoms with E-state index in [-0.39, 0.29) is 25.1 Å². The van der Waals surface area contributed by atoms with Crippen LogP contribution < -0.4 is 20.1 Å². The molecule has 4 amide bonds. The smallest absolute Gasteiger partial charge is 0.325 e. The maximum absolute atomic E-state index is 13.1. The Kier molecular flexibility index (Phi) is 4.77. The van der Waals surface area contributed by atoms with Gasteiger partial charge in [0.1, 0.15) is 24.8 Å². The van der Waals surface area contributed by atoms with Crippen LogP contribution in [0.5, 0.6) is 11.5 Å². The van der Waals surface area contributed by atoms with Crippen molar-refractivity contribution in [2.45, 2.75) is 30.9 Å². The molecule has 1 saturated heterocycles. The summed E-state index contributed by atoms with van der Waals surface area (Å²) in [6.45, 7) is 0.205. The molecular weight excluding hydrogens is 398 g/mol. The number of hydrogen-bond acceptors (Lipinski definition) is 5. The maximum atomic E-state index is 13.1. The van der Waals surface area contributed by atoms with Gasteiger partial charge in [0, 0.05) is 6.42 Å². The first kappa shape index (κ1) is 19.4. The highest BCUT2D eigenvalue weighted by Crippen LogP contribution is 2.33. The van der Waals surface area contributed by atoms with E-state index in [0.717, 1.165) is 10.5 Å². The van der Waals surface area contributed by atoms with Crippen LogP contribution >= 0.6 is 0 Å². The minimum atomic E-state index is -0.963. The molecule has 2 unspecified atom stereocenters. The van der Waals surface area contributed by atoms with E-state index in [1.807, 2.05) is 42.5 Å². The number of ether oxygens (including phenoxy) is 2. The molecule has 160 valence electrons. The van der Waals surface area contributed by atoms with Crippen LogP contribution in [0.3, 0.4) is 0 Å². The van der Waals surface area contributed by atoms with Gasteiger partial charge in [0.05, 0.1) is 6.54 Å². The molecule has 8 nitrogen and oxygen atoms in total. The highest BCUT2D eigenvalue weighted by atomic mass is 16.6. The van der Waals surface area contributed by atoms with Gasteiger partial charge in [-0.1, -0.05) is 36.4 Å². The highest BCUT2D eigenvalue weighted by Gasteiger charge is 2.52. The van der Waals surface area contributed by atoms with Gasteiger partial charge in [-0.2, -0.15) is 0 Å². The molecule has 2 aromatic carbocycles. The van der Waals surface area contributed by atoms with Crippen molar-refractivity contribution in [2.24, 2.45) is 0 Å². The predicted octanol–water partition coefficient (Wildman–Crippen LogP) is 1.42. The van der Waals surface area contributed by atoms with E-state index in [1.165, 1.54) is 5.56 Å². The molecule has 0 aromatic heterocycles. The van der Waals surface area contributed by atoms with Crippen LogP contribution in [0, 0.1) is 0 Å². The zero-order chi connectivity index (χ0) is 21.4. The van der Waals surface area contributed by atoms with Gasteiger partial charge in [-0.25, -0.2) is 4.79 Å². The molecule has 2 N–H and O–H groups in total. The van der Waals surface area contributed by atoms with Crippen molar-refractivity contribution in [1.29, 1.82) is 0 Å². The second-order valence-corrected chi connectivity index (χ2v) is 8.15. The van der Waals surface area contributed by atoms with E-state index >= 15 is 0 Å². The Hall–Kier alpha value is -3.55. The second kappa shape index (κ2) is 7.61. The summed E-state index contributed by atoms with van der Waals surface area (Å²) in [7, 11) is 0. The van der Waals surface area contributed by atoms with Gasteiger partial charge >= 0.3 is 6.03 Å². The van der Waals surface area contributed by atoms with Gasteiger partial charge in [0.15, 0.2) is 11.5 Å². The van der Waals surface area contributed by atoms with Gasteiger partial charge in [0.25, 0.3) is 5.91 Å². The molecular formula is C23H23N3O5. The van der Waals surface area contributed by atoms with Crippen molar-refractivity contribution in [3.63, 3.8) is 0 Å². The van der Waals surface area contributed by atoms with Crippen molar-refractivity contribution in [2.75, 3.05) is 19.7 Å². The predicted molar refractivity (Wildman–Crippen MR) is 111 cm³/mol. The Morgan fingerprint density at radius 2 is 1.84 bits per heavy atom. The summed E-state index contributed by atoms with van der Waals surface area (Å²) in [6.07, 6.45) is 1.34. The van der Waals surface area contributed by atoms with Crippen LogP contribution in [0.25, 0.3) is 0 Å². The fraction of sp³-hybridized carbons (Fsp3) is 0.348. The van der Waals surface area contributed by atoms with Crippen LogP contribution in [0.1, 0.15) is 17.5 Å². The minimum absolute atomic E-state index is 0.218. The Balaban J connectivity index is 1.18. The van der Waals surface area contributed by atoms with Crippen molar-refractivity contribution >= 4 is 17.8 Å². The minimum Gasteiger partial charge on any atom is -0.486 e. The third-order valence-electron chi connectivity index (χ3n) is 6.07. The number of benzene rings is 2. The third-order valence-corrected chi connectivity index (χ3v) is 6.07. The first-order valence-electron chi connectivity index (χ1n) is 10.4. The zero-order valence-corrected chi connectivity index (χ0v) is 16.9. The number of nitrogens with one attached hydrogen (secondary N) is 2. The van der Waals surface area contributed by atoms with E-state index in [4.69, 9.17) is 9.47 Å². The zero-order valence-electron chi connectivity index (χ0n) is 16.9. The highest BCUT2D eigenvalue weighted by molar-refractivity contribution is 6.09. The maximum Gasteiger partial charge on any atom is 0.325 e. The van der Waals surface area contributed by atoms with Gasteiger partial charge in [-0.05, 0) is 36.1 Å². The average Bonchev–Trinajstić information content (AvgIpc) is 3.01. The lowest BCUT2D eigenvalue weighted by Gasteiger charge is -2.32. The Morgan fingerprint density at radius 3 is 2.68 bits per heavy atom. The molecule has 0 saturated carbocycles. The van der Waals surface area contributed by atoms with Gasteiger partial charge in [-0.3, -0.25) is 14.5 Å². The second-order valence-electron chi connectivity index (χ2n) is 8.15. The first-order valence-corrected chi connectivity index (χ1v) is 10.4. The summed E-state index contributed by atoms with van der Waals surface area (Å²) < 4.78 is 11.5. The lowest BCUT2D eigenvalue weighted by Crippen LogP contribution is -2.51. The number of aryl methyl sites for hydroxylation is 1. The lowest BCUT2D eigenvalue weighted by molar-refractivity contribution is -0.135. The topological polar surface area (TPSA) is 97.0 Å². The number of rotatable bonds is 4. The molecule has 2 aliphatic heterocycles. The molecule has 5 rings (SSSR count). The number of carbonyl (C=O) groups excluding carboxylic acids is 3. The fourth-order valence-corrected chi connectivity index (χ4v) is 4.44. The summed E-state index contributed by atoms with van der Waals surface area (Å²) in [4.78, 5) is 39.1. The number of amides is 4. The molecule has 0 bridgehead atoms. The van der Waals surface area contributed by atoms with Gasteiger partial charge in [-0.15, -0.1) is 0 Å². The SMILES string of the molecule is O=C(CN1C(=O)NC2(CCc3ccccc3C2)C1=O)NCC1COc2ccccc2O1. The van der Waals surface area contributed by atoms with E-state index in [9.17, 15) is 14.4 Å². The molecule has 1 spiro atoms. The summed E-state index contributed by atoms with van der Waals surface area (Å²) in [6, 6.07) is 14.7. The fourth-order valence-electron chi connectivity index (χ4n) is 4.44. The molecule has 0 radical (unpaired) electrons. The average molecular weight is 421 g/mol. The van der Waals surface area contributed by atoms with Crippen LogP contribution in [0.4, 0.5) is 4.79 Å². The quantitative estimate of drug-likeness (QED) is 0.728. The van der Waals surface area contributed by atoms with E-state index in [2.05, 4.69) is 10.6 Å². The van der Waals surface area contributed by atoms with E-state index in [0.29, 0.717) is 37.4 Å². The normalized spacial score (nSPS) is 24.0. The van der Waals surface area contributed by atoms with Crippen molar-refractivity contribution < 1.29 is 23.9 Å². The first-order chi connectivity index (χ1) is 15.0. The molecule has 8 heteroatoms. The lowest BCUT2D eigenvalue weighted by atomic mass is 9.78. The summed E-state index contributed by atoms with van der Waals surface area (Å²) in [5.74, 6) is 0.540. The Labute approximate surface area is 179 Å². The van der Waals surface area contributed by atoms with E-state index < -0.39 is 17.5 Å². The molecule has 1 fully saturated rings. The van der Waals surface area contributed by atoms with Crippen LogP contribution in [-0.2, 0) is 22.4 Å². The van der Waals surface area contributed by atoms with Gasteiger partial charge in [0.2, 0.25) is 5.91 Å². The molecule has 2 heterocycles. The largest absolute Gasteiger partial charge is 0.486 e. The molecule has 2 atom stereocenters. The number of fused-ring (bicyclic) bond motifs is 2. The number of urea groups is 1. The monoisotopic (exact) mass is 421 g/mol. The number of hydrogen-bond donors (Lipinski definition) is 2. The van der Waals surface area contributed by atoms with Crippen molar-refractivity contribution in [3.8, 4) is 11.5 Å². The van der Waals surface area contributed by atoms with Gasteiger partial charge < -0.3 is 20.1 Å². The van der Waals surface area contributed by atoms with Crippen molar-refractivity contribution in [3.05, 3.63) is 59.7 Å². The number of imide groups is 1. The van der Waals surface area contributed by atoms with Crippen LogP contribution in [-0.4, -0.2) is 54.1 Å². The molecule has 2 aromatic rings. The summed E-state index contributed by atoms with van der Waals surface area (Å²) in [5.41, 5.74) is 1.29. The Bertz CT molecular complexity index is 1060. The van der Waals surface area contributed by atoms with E-state index in [1.54, 1.807) is 6.07 Å². The molecule has 3 aliphatic rings. The third kappa shape index (κ3) is 3.58. The van der Waals surface area contributed by atoms with Crippen molar-refractivity contribution in [1.82, 2.24) is 15.5 Å². The molecule has 31 heavy (non-hydrogen) atoms.